The normalized spacial score (nSPS) is 11.8. The molecule has 2 aromatic carbocycles. The first-order chi connectivity index (χ1) is 13.3. The third-order valence-electron chi connectivity index (χ3n) is 4.35. The summed E-state index contributed by atoms with van der Waals surface area (Å²) in [4.78, 5) is 27.1. The molecule has 0 aromatic heterocycles. The largest absolute Gasteiger partial charge is 0.354 e. The molecular formula is C21H23Cl3N2O2. The van der Waals surface area contributed by atoms with Gasteiger partial charge in [-0.05, 0) is 42.7 Å². The summed E-state index contributed by atoms with van der Waals surface area (Å²) in [6.45, 7) is 4.48. The fourth-order valence-corrected chi connectivity index (χ4v) is 3.24. The Morgan fingerprint density at radius 3 is 2.39 bits per heavy atom. The summed E-state index contributed by atoms with van der Waals surface area (Å²) in [6, 6.07) is 11.7. The Bertz CT molecular complexity index is 842. The van der Waals surface area contributed by atoms with Gasteiger partial charge in [0, 0.05) is 18.1 Å². The second-order valence-corrected chi connectivity index (χ2v) is 7.73. The predicted octanol–water partition coefficient (Wildman–Crippen LogP) is 5.13. The van der Waals surface area contributed by atoms with E-state index in [-0.39, 0.29) is 24.8 Å². The molecule has 150 valence electrons. The lowest BCUT2D eigenvalue weighted by Crippen LogP contribution is -2.48. The summed E-state index contributed by atoms with van der Waals surface area (Å²) in [7, 11) is 0. The number of amides is 2. The highest BCUT2D eigenvalue weighted by Gasteiger charge is 2.26. The molecule has 4 nitrogen and oxygen atoms in total. The van der Waals surface area contributed by atoms with Crippen LogP contribution in [0.2, 0.25) is 15.1 Å². The van der Waals surface area contributed by atoms with E-state index in [1.54, 1.807) is 37.3 Å². The van der Waals surface area contributed by atoms with Crippen molar-refractivity contribution in [1.29, 1.82) is 0 Å². The standard InChI is InChI=1S/C21H23Cl3N2O2/c1-3-10-25-21(28)14(2)26(13-15-8-9-18(23)19(24)11-15)20(27)12-16-6-4-5-7-17(16)22/h4-9,11,14H,3,10,12-13H2,1-2H3,(H,25,28)/t14-/m1/s1. The number of carbonyl (C=O) groups is 2. The van der Waals surface area contributed by atoms with Crippen molar-refractivity contribution < 1.29 is 9.59 Å². The molecule has 0 aliphatic heterocycles. The van der Waals surface area contributed by atoms with Gasteiger partial charge in [0.2, 0.25) is 11.8 Å². The lowest BCUT2D eigenvalue weighted by molar-refractivity contribution is -0.140. The second-order valence-electron chi connectivity index (χ2n) is 6.51. The first kappa shape index (κ1) is 22.5. The predicted molar refractivity (Wildman–Crippen MR) is 115 cm³/mol. The van der Waals surface area contributed by atoms with E-state index in [2.05, 4.69) is 5.32 Å². The van der Waals surface area contributed by atoms with Crippen molar-refractivity contribution in [3.05, 3.63) is 68.7 Å². The van der Waals surface area contributed by atoms with Crippen LogP contribution in [0.1, 0.15) is 31.4 Å². The van der Waals surface area contributed by atoms with Gasteiger partial charge in [0.25, 0.3) is 0 Å². The Morgan fingerprint density at radius 2 is 1.75 bits per heavy atom. The average molecular weight is 442 g/mol. The Morgan fingerprint density at radius 1 is 1.04 bits per heavy atom. The molecule has 2 aromatic rings. The quantitative estimate of drug-likeness (QED) is 0.617. The van der Waals surface area contributed by atoms with Crippen LogP contribution >= 0.6 is 34.8 Å². The van der Waals surface area contributed by atoms with Gasteiger partial charge in [0.05, 0.1) is 16.5 Å². The lowest BCUT2D eigenvalue weighted by atomic mass is 10.1. The van der Waals surface area contributed by atoms with E-state index in [0.29, 0.717) is 21.6 Å². The number of nitrogens with one attached hydrogen (secondary N) is 1. The smallest absolute Gasteiger partial charge is 0.242 e. The minimum atomic E-state index is -0.643. The van der Waals surface area contributed by atoms with E-state index in [4.69, 9.17) is 34.8 Å². The molecule has 0 radical (unpaired) electrons. The summed E-state index contributed by atoms with van der Waals surface area (Å²) >= 11 is 18.3. The van der Waals surface area contributed by atoms with E-state index in [9.17, 15) is 9.59 Å². The topological polar surface area (TPSA) is 49.4 Å². The molecule has 0 bridgehead atoms. The summed E-state index contributed by atoms with van der Waals surface area (Å²) in [6.07, 6.45) is 0.922. The zero-order valence-corrected chi connectivity index (χ0v) is 18.1. The Hall–Kier alpha value is -1.75. The van der Waals surface area contributed by atoms with Crippen LogP contribution in [0.3, 0.4) is 0 Å². The highest BCUT2D eigenvalue weighted by Crippen LogP contribution is 2.24. The van der Waals surface area contributed by atoms with Gasteiger partial charge in [-0.15, -0.1) is 0 Å². The molecule has 28 heavy (non-hydrogen) atoms. The highest BCUT2D eigenvalue weighted by atomic mass is 35.5. The van der Waals surface area contributed by atoms with Crippen LogP contribution in [0, 0.1) is 0 Å². The Balaban J connectivity index is 2.26. The van der Waals surface area contributed by atoms with Crippen molar-refractivity contribution in [2.24, 2.45) is 0 Å². The van der Waals surface area contributed by atoms with Gasteiger partial charge >= 0.3 is 0 Å². The summed E-state index contributed by atoms with van der Waals surface area (Å²) in [5, 5.41) is 4.21. The van der Waals surface area contributed by atoms with Crippen LogP contribution in [0.15, 0.2) is 42.5 Å². The Labute approximate surface area is 180 Å². The van der Waals surface area contributed by atoms with Crippen LogP contribution in [0.5, 0.6) is 0 Å². The van der Waals surface area contributed by atoms with Crippen molar-refractivity contribution >= 4 is 46.6 Å². The van der Waals surface area contributed by atoms with Gasteiger partial charge in [0.15, 0.2) is 0 Å². The van der Waals surface area contributed by atoms with Crippen LogP contribution < -0.4 is 5.32 Å². The Kier molecular flexibility index (Phi) is 8.61. The molecule has 0 aliphatic carbocycles. The number of rotatable bonds is 8. The lowest BCUT2D eigenvalue weighted by Gasteiger charge is -2.29. The molecule has 1 N–H and O–H groups in total. The maximum absolute atomic E-state index is 13.1. The molecule has 2 rings (SSSR count). The van der Waals surface area contributed by atoms with Crippen molar-refractivity contribution in [3.63, 3.8) is 0 Å². The molecule has 2 amide bonds. The van der Waals surface area contributed by atoms with Gasteiger partial charge in [-0.1, -0.05) is 66.0 Å². The average Bonchev–Trinajstić information content (AvgIpc) is 2.68. The fraction of sp³-hybridized carbons (Fsp3) is 0.333. The molecule has 0 saturated heterocycles. The summed E-state index contributed by atoms with van der Waals surface area (Å²) < 4.78 is 0. The number of halogens is 3. The minimum absolute atomic E-state index is 0.104. The number of hydrogen-bond acceptors (Lipinski definition) is 2. The SMILES string of the molecule is CCCNC(=O)[C@@H](C)N(Cc1ccc(Cl)c(Cl)c1)C(=O)Cc1ccccc1Cl. The van der Waals surface area contributed by atoms with Crippen molar-refractivity contribution in [1.82, 2.24) is 10.2 Å². The van der Waals surface area contributed by atoms with Gasteiger partial charge in [0.1, 0.15) is 6.04 Å². The van der Waals surface area contributed by atoms with E-state index >= 15 is 0 Å². The minimum Gasteiger partial charge on any atom is -0.354 e. The number of carbonyl (C=O) groups excluding carboxylic acids is 2. The van der Waals surface area contributed by atoms with Crippen LogP contribution in [-0.2, 0) is 22.6 Å². The van der Waals surface area contributed by atoms with E-state index < -0.39 is 6.04 Å². The van der Waals surface area contributed by atoms with Gasteiger partial charge in [-0.25, -0.2) is 0 Å². The third-order valence-corrected chi connectivity index (χ3v) is 5.46. The molecule has 0 saturated carbocycles. The zero-order chi connectivity index (χ0) is 20.7. The summed E-state index contributed by atoms with van der Waals surface area (Å²) in [5.41, 5.74) is 1.51. The maximum Gasteiger partial charge on any atom is 0.242 e. The molecule has 1 atom stereocenters. The van der Waals surface area contributed by atoms with E-state index in [0.717, 1.165) is 17.5 Å². The van der Waals surface area contributed by atoms with Gasteiger partial charge in [-0.3, -0.25) is 9.59 Å². The van der Waals surface area contributed by atoms with Crippen LogP contribution in [0.25, 0.3) is 0 Å². The number of hydrogen-bond donors (Lipinski definition) is 1. The van der Waals surface area contributed by atoms with Crippen LogP contribution in [-0.4, -0.2) is 29.3 Å². The van der Waals surface area contributed by atoms with E-state index in [1.807, 2.05) is 19.1 Å². The van der Waals surface area contributed by atoms with Crippen molar-refractivity contribution in [2.75, 3.05) is 6.54 Å². The monoisotopic (exact) mass is 440 g/mol. The fourth-order valence-electron chi connectivity index (χ4n) is 2.72. The highest BCUT2D eigenvalue weighted by molar-refractivity contribution is 6.42. The molecular weight excluding hydrogens is 419 g/mol. The van der Waals surface area contributed by atoms with Crippen molar-refractivity contribution in [3.8, 4) is 0 Å². The van der Waals surface area contributed by atoms with Crippen molar-refractivity contribution in [2.45, 2.75) is 39.3 Å². The molecule has 0 heterocycles. The van der Waals surface area contributed by atoms with Gasteiger partial charge < -0.3 is 10.2 Å². The van der Waals surface area contributed by atoms with Gasteiger partial charge in [-0.2, -0.15) is 0 Å². The van der Waals surface area contributed by atoms with Crippen LogP contribution in [0.4, 0.5) is 0 Å². The van der Waals surface area contributed by atoms with E-state index in [1.165, 1.54) is 4.90 Å². The first-order valence-electron chi connectivity index (χ1n) is 9.08. The zero-order valence-electron chi connectivity index (χ0n) is 15.8. The number of benzene rings is 2. The second kappa shape index (κ2) is 10.7. The number of nitrogens with zero attached hydrogens (tertiary/aromatic N) is 1. The maximum atomic E-state index is 13.1. The molecule has 0 spiro atoms. The molecule has 0 unspecified atom stereocenters. The molecule has 7 heteroatoms. The molecule has 0 aliphatic rings. The molecule has 0 fully saturated rings. The third kappa shape index (κ3) is 6.13. The first-order valence-corrected chi connectivity index (χ1v) is 10.2. The summed E-state index contributed by atoms with van der Waals surface area (Å²) in [5.74, 6) is -0.396.